The number of amidine groups is 1. The lowest BCUT2D eigenvalue weighted by Crippen LogP contribution is -2.40. The summed E-state index contributed by atoms with van der Waals surface area (Å²) in [6.45, 7) is 1.65. The molecular formula is C13H13F3N4OS. The maximum atomic E-state index is 12.9. The van der Waals surface area contributed by atoms with Gasteiger partial charge in [-0.25, -0.2) is 4.99 Å². The number of carbonyl (C=O) groups excluding carboxylic acids is 1. The van der Waals surface area contributed by atoms with Gasteiger partial charge in [-0.15, -0.1) is 0 Å². The van der Waals surface area contributed by atoms with E-state index in [1.54, 1.807) is 6.92 Å². The zero-order chi connectivity index (χ0) is 16.3. The summed E-state index contributed by atoms with van der Waals surface area (Å²) in [7, 11) is 1.48. The van der Waals surface area contributed by atoms with Crippen LogP contribution in [0.5, 0.6) is 0 Å². The van der Waals surface area contributed by atoms with Gasteiger partial charge in [-0.2, -0.15) is 18.3 Å². The van der Waals surface area contributed by atoms with Crippen LogP contribution in [0.25, 0.3) is 0 Å². The molecule has 1 atom stereocenters. The molecule has 0 fully saturated rings. The predicted molar refractivity (Wildman–Crippen MR) is 80.2 cm³/mol. The fraction of sp³-hybridized carbons (Fsp3) is 0.308. The standard InChI is InChI=1S/C13H13F3N4OS/c1-7-10(11(21)17-2)22-12(20-19-7)18-9-6-4-3-5-8(9)13(14,15)16/h3-6,10H,1-2H3,(H,17,21)(H,18,20). The number of benzene rings is 1. The number of amides is 1. The van der Waals surface area contributed by atoms with E-state index >= 15 is 0 Å². The maximum Gasteiger partial charge on any atom is 0.418 e. The zero-order valence-corrected chi connectivity index (χ0v) is 12.5. The number of nitrogens with one attached hydrogen (secondary N) is 2. The molecule has 118 valence electrons. The van der Waals surface area contributed by atoms with E-state index < -0.39 is 17.0 Å². The Balaban J connectivity index is 2.34. The van der Waals surface area contributed by atoms with E-state index in [0.717, 1.165) is 17.8 Å². The van der Waals surface area contributed by atoms with E-state index in [4.69, 9.17) is 0 Å². The van der Waals surface area contributed by atoms with Crippen molar-refractivity contribution in [3.05, 3.63) is 29.8 Å². The minimum atomic E-state index is -4.50. The molecule has 0 aliphatic carbocycles. The molecule has 9 heteroatoms. The van der Waals surface area contributed by atoms with Crippen LogP contribution in [0, 0.1) is 0 Å². The fourth-order valence-electron chi connectivity index (χ4n) is 1.76. The van der Waals surface area contributed by atoms with Crippen molar-refractivity contribution >= 4 is 34.2 Å². The first kappa shape index (κ1) is 16.3. The number of hydrazone groups is 1. The highest BCUT2D eigenvalue weighted by Crippen LogP contribution is 2.36. The summed E-state index contributed by atoms with van der Waals surface area (Å²) in [6.07, 6.45) is -4.50. The summed E-state index contributed by atoms with van der Waals surface area (Å²) in [5.41, 5.74) is 2.01. The third-order valence-corrected chi connectivity index (χ3v) is 4.05. The number of thioether (sulfide) groups is 1. The van der Waals surface area contributed by atoms with Gasteiger partial charge >= 0.3 is 6.18 Å². The smallest absolute Gasteiger partial charge is 0.358 e. The highest BCUT2D eigenvalue weighted by molar-refractivity contribution is 8.15. The van der Waals surface area contributed by atoms with Gasteiger partial charge in [0.05, 0.1) is 17.0 Å². The number of nitrogens with zero attached hydrogens (tertiary/aromatic N) is 2. The van der Waals surface area contributed by atoms with Crippen LogP contribution in [-0.4, -0.2) is 29.1 Å². The Morgan fingerprint density at radius 1 is 1.41 bits per heavy atom. The largest absolute Gasteiger partial charge is 0.418 e. The lowest BCUT2D eigenvalue weighted by Gasteiger charge is -2.21. The molecule has 2 N–H and O–H groups in total. The molecule has 1 aliphatic heterocycles. The van der Waals surface area contributed by atoms with E-state index in [2.05, 4.69) is 20.8 Å². The van der Waals surface area contributed by atoms with Crippen molar-refractivity contribution in [1.82, 2.24) is 10.7 Å². The van der Waals surface area contributed by atoms with Crippen LogP contribution < -0.4 is 10.7 Å². The lowest BCUT2D eigenvalue weighted by molar-refractivity contribution is -0.137. The topological polar surface area (TPSA) is 65.8 Å². The Kier molecular flexibility index (Phi) is 4.74. The zero-order valence-electron chi connectivity index (χ0n) is 11.7. The quantitative estimate of drug-likeness (QED) is 0.876. The van der Waals surface area contributed by atoms with Crippen LogP contribution in [0.4, 0.5) is 18.9 Å². The van der Waals surface area contributed by atoms with E-state index in [0.29, 0.717) is 5.71 Å². The number of halogens is 3. The molecule has 1 aromatic rings. The molecule has 0 saturated heterocycles. The number of alkyl halides is 3. The van der Waals surface area contributed by atoms with Crippen LogP contribution in [0.1, 0.15) is 12.5 Å². The van der Waals surface area contributed by atoms with Gasteiger partial charge < -0.3 is 5.32 Å². The first-order chi connectivity index (χ1) is 10.3. The van der Waals surface area contributed by atoms with Crippen LogP contribution >= 0.6 is 11.8 Å². The Morgan fingerprint density at radius 3 is 2.73 bits per heavy atom. The molecule has 1 aromatic carbocycles. The monoisotopic (exact) mass is 330 g/mol. The molecule has 2 rings (SSSR count). The van der Waals surface area contributed by atoms with E-state index in [1.165, 1.54) is 25.2 Å². The van der Waals surface area contributed by atoms with Crippen molar-refractivity contribution in [2.24, 2.45) is 10.1 Å². The number of rotatable bonds is 2. The average Bonchev–Trinajstić information content (AvgIpc) is 2.48. The Hall–Kier alpha value is -2.03. The van der Waals surface area contributed by atoms with Gasteiger partial charge in [0, 0.05) is 7.05 Å². The second-order valence-corrected chi connectivity index (χ2v) is 5.50. The Morgan fingerprint density at radius 2 is 2.09 bits per heavy atom. The van der Waals surface area contributed by atoms with Gasteiger partial charge in [0.2, 0.25) is 5.91 Å². The molecule has 5 nitrogen and oxygen atoms in total. The molecule has 1 aliphatic rings. The summed E-state index contributed by atoms with van der Waals surface area (Å²) >= 11 is 1.02. The van der Waals surface area contributed by atoms with E-state index in [1.807, 2.05) is 0 Å². The Labute approximate surface area is 129 Å². The van der Waals surface area contributed by atoms with Crippen molar-refractivity contribution in [3.63, 3.8) is 0 Å². The normalized spacial score (nSPS) is 20.3. The van der Waals surface area contributed by atoms with Crippen molar-refractivity contribution in [2.75, 3.05) is 7.05 Å². The average molecular weight is 330 g/mol. The summed E-state index contributed by atoms with van der Waals surface area (Å²) in [5.74, 6) is -0.287. The molecule has 1 heterocycles. The lowest BCUT2D eigenvalue weighted by atomic mass is 10.2. The van der Waals surface area contributed by atoms with Crippen molar-refractivity contribution in [3.8, 4) is 0 Å². The SMILES string of the molecule is CNC(=O)C1SC(=Nc2ccccc2C(F)(F)F)NN=C1C. The number of aliphatic imine (C=N–C) groups is 1. The number of para-hydroxylation sites is 1. The van der Waals surface area contributed by atoms with Crippen LogP contribution in [0.2, 0.25) is 0 Å². The van der Waals surface area contributed by atoms with Gasteiger partial charge in [0.15, 0.2) is 5.17 Å². The molecule has 0 bridgehead atoms. The summed E-state index contributed by atoms with van der Waals surface area (Å²) < 4.78 is 38.8. The molecule has 0 aromatic heterocycles. The first-order valence-corrected chi connectivity index (χ1v) is 7.14. The van der Waals surface area contributed by atoms with E-state index in [-0.39, 0.29) is 16.8 Å². The summed E-state index contributed by atoms with van der Waals surface area (Å²) in [6, 6.07) is 4.98. The second-order valence-electron chi connectivity index (χ2n) is 4.41. The van der Waals surface area contributed by atoms with E-state index in [9.17, 15) is 18.0 Å². The van der Waals surface area contributed by atoms with Gasteiger partial charge in [0.25, 0.3) is 0 Å². The van der Waals surface area contributed by atoms with Crippen LogP contribution in [-0.2, 0) is 11.0 Å². The van der Waals surface area contributed by atoms with Gasteiger partial charge in [0.1, 0.15) is 5.25 Å². The van der Waals surface area contributed by atoms with Crippen molar-refractivity contribution in [1.29, 1.82) is 0 Å². The van der Waals surface area contributed by atoms with Gasteiger partial charge in [-0.1, -0.05) is 23.9 Å². The minimum absolute atomic E-state index is 0.135. The first-order valence-electron chi connectivity index (χ1n) is 6.26. The molecule has 0 radical (unpaired) electrons. The van der Waals surface area contributed by atoms with Gasteiger partial charge in [-0.3, -0.25) is 10.2 Å². The molecule has 1 amide bonds. The molecule has 22 heavy (non-hydrogen) atoms. The maximum absolute atomic E-state index is 12.9. The van der Waals surface area contributed by atoms with Gasteiger partial charge in [-0.05, 0) is 19.1 Å². The van der Waals surface area contributed by atoms with Crippen LogP contribution in [0.3, 0.4) is 0 Å². The fourth-order valence-corrected chi connectivity index (χ4v) is 2.68. The third kappa shape index (κ3) is 3.59. The second kappa shape index (κ2) is 6.39. The highest BCUT2D eigenvalue weighted by Gasteiger charge is 2.34. The molecule has 1 unspecified atom stereocenters. The number of carbonyl (C=O) groups is 1. The van der Waals surface area contributed by atoms with Crippen molar-refractivity contribution < 1.29 is 18.0 Å². The predicted octanol–water partition coefficient (Wildman–Crippen LogP) is 2.52. The minimum Gasteiger partial charge on any atom is -0.358 e. The number of hydrogen-bond donors (Lipinski definition) is 2. The highest BCUT2D eigenvalue weighted by atomic mass is 32.2. The van der Waals surface area contributed by atoms with Crippen LogP contribution in [0.15, 0.2) is 34.4 Å². The number of hydrogen-bond acceptors (Lipinski definition) is 4. The third-order valence-electron chi connectivity index (χ3n) is 2.85. The Bertz CT molecular complexity index is 642. The summed E-state index contributed by atoms with van der Waals surface area (Å²) in [4.78, 5) is 15.7. The molecule has 0 saturated carbocycles. The summed E-state index contributed by atoms with van der Waals surface area (Å²) in [5, 5.41) is 5.92. The van der Waals surface area contributed by atoms with Crippen molar-refractivity contribution in [2.45, 2.75) is 18.3 Å². The molecule has 0 spiro atoms. The molecular weight excluding hydrogens is 317 g/mol.